The van der Waals surface area contributed by atoms with Crippen molar-refractivity contribution in [3.63, 3.8) is 0 Å². The quantitative estimate of drug-likeness (QED) is 0.849. The molecule has 4 heterocycles. The Hall–Kier alpha value is -2.29. The predicted octanol–water partition coefficient (Wildman–Crippen LogP) is 0.814. The van der Waals surface area contributed by atoms with Gasteiger partial charge in [0.05, 0.1) is 30.7 Å². The molecule has 0 spiro atoms. The Labute approximate surface area is 144 Å². The molecule has 2 aromatic heterocycles. The highest BCUT2D eigenvalue weighted by atomic mass is 19.1. The monoisotopic (exact) mass is 348 g/mol. The molecule has 2 aliphatic rings. The first kappa shape index (κ1) is 16.2. The third kappa shape index (κ3) is 3.28. The van der Waals surface area contributed by atoms with Gasteiger partial charge >= 0.3 is 0 Å². The van der Waals surface area contributed by atoms with Crippen molar-refractivity contribution in [1.82, 2.24) is 25.5 Å². The number of halogens is 1. The van der Waals surface area contributed by atoms with Crippen LogP contribution >= 0.6 is 0 Å². The molecule has 134 valence electrons. The third-order valence-corrected chi connectivity index (χ3v) is 5.07. The molecule has 8 nitrogen and oxygen atoms in total. The number of aromatic nitrogens is 4. The number of anilines is 1. The van der Waals surface area contributed by atoms with Gasteiger partial charge in [-0.15, -0.1) is 0 Å². The van der Waals surface area contributed by atoms with Gasteiger partial charge in [-0.2, -0.15) is 5.10 Å². The Kier molecular flexibility index (Phi) is 4.24. The smallest absolute Gasteiger partial charge is 0.225 e. The number of H-pyrrole nitrogens is 1. The number of aromatic amines is 1. The van der Waals surface area contributed by atoms with E-state index in [1.807, 2.05) is 4.90 Å². The van der Waals surface area contributed by atoms with E-state index in [0.717, 1.165) is 11.2 Å². The molecule has 2 aromatic rings. The number of carbonyl (C=O) groups is 1. The van der Waals surface area contributed by atoms with Gasteiger partial charge in [-0.25, -0.2) is 14.4 Å². The zero-order chi connectivity index (χ0) is 17.3. The summed E-state index contributed by atoms with van der Waals surface area (Å²) in [4.78, 5) is 22.5. The van der Waals surface area contributed by atoms with E-state index in [4.69, 9.17) is 4.74 Å². The first-order chi connectivity index (χ1) is 12.1. The molecule has 1 unspecified atom stereocenters. The summed E-state index contributed by atoms with van der Waals surface area (Å²) >= 11 is 0. The van der Waals surface area contributed by atoms with Crippen LogP contribution in [0.5, 0.6) is 0 Å². The maximum absolute atomic E-state index is 15.0. The van der Waals surface area contributed by atoms with Crippen molar-refractivity contribution < 1.29 is 13.9 Å². The van der Waals surface area contributed by atoms with E-state index in [-0.39, 0.29) is 18.4 Å². The second kappa shape index (κ2) is 6.55. The van der Waals surface area contributed by atoms with Gasteiger partial charge < -0.3 is 15.0 Å². The molecule has 1 amide bonds. The maximum atomic E-state index is 15.0. The minimum absolute atomic E-state index is 0.0566. The summed E-state index contributed by atoms with van der Waals surface area (Å²) in [5, 5.41) is 10.4. The first-order valence-electron chi connectivity index (χ1n) is 8.58. The number of nitrogens with one attached hydrogen (secondary N) is 2. The Morgan fingerprint density at radius 1 is 1.44 bits per heavy atom. The van der Waals surface area contributed by atoms with Crippen LogP contribution in [0.15, 0.2) is 12.5 Å². The van der Waals surface area contributed by atoms with E-state index < -0.39 is 5.67 Å². The van der Waals surface area contributed by atoms with Crippen LogP contribution in [0.4, 0.5) is 10.2 Å². The number of hydrogen-bond acceptors (Lipinski definition) is 6. The molecule has 9 heteroatoms. The molecule has 4 rings (SSSR count). The number of piperidine rings is 1. The molecule has 0 bridgehead atoms. The Balaban J connectivity index is 1.35. The largest absolute Gasteiger partial charge is 0.381 e. The van der Waals surface area contributed by atoms with Gasteiger partial charge in [0, 0.05) is 32.5 Å². The maximum Gasteiger partial charge on any atom is 0.225 e. The fourth-order valence-electron chi connectivity index (χ4n) is 3.43. The first-order valence-corrected chi connectivity index (χ1v) is 8.58. The van der Waals surface area contributed by atoms with Crippen LogP contribution in [0.25, 0.3) is 11.0 Å². The highest BCUT2D eigenvalue weighted by Gasteiger charge is 2.36. The fourth-order valence-corrected chi connectivity index (χ4v) is 3.43. The summed E-state index contributed by atoms with van der Waals surface area (Å²) < 4.78 is 20.2. The lowest BCUT2D eigenvalue weighted by Crippen LogP contribution is -2.49. The van der Waals surface area contributed by atoms with Crippen LogP contribution in [0.1, 0.15) is 19.3 Å². The number of alkyl halides is 1. The van der Waals surface area contributed by atoms with Crippen molar-refractivity contribution in [2.45, 2.75) is 24.9 Å². The van der Waals surface area contributed by atoms with E-state index in [0.29, 0.717) is 51.2 Å². The number of ether oxygens (including phenoxy) is 1. The summed E-state index contributed by atoms with van der Waals surface area (Å²) in [6.45, 7) is 2.18. The lowest BCUT2D eigenvalue weighted by atomic mass is 9.92. The second-order valence-corrected chi connectivity index (χ2v) is 6.75. The molecule has 0 radical (unpaired) electrons. The Bertz CT molecular complexity index is 752. The SMILES string of the molecule is O=C(NCC1(F)CCN(c2ncnc3[nH]ncc23)CC1)C1CCOC1. The van der Waals surface area contributed by atoms with Crippen molar-refractivity contribution >= 4 is 22.8 Å². The highest BCUT2D eigenvalue weighted by molar-refractivity contribution is 5.86. The second-order valence-electron chi connectivity index (χ2n) is 6.75. The van der Waals surface area contributed by atoms with Gasteiger partial charge in [0.1, 0.15) is 17.8 Å². The highest BCUT2D eigenvalue weighted by Crippen LogP contribution is 2.30. The lowest BCUT2D eigenvalue weighted by molar-refractivity contribution is -0.125. The van der Waals surface area contributed by atoms with Gasteiger partial charge in [0.25, 0.3) is 0 Å². The summed E-state index contributed by atoms with van der Waals surface area (Å²) in [7, 11) is 0. The van der Waals surface area contributed by atoms with Crippen molar-refractivity contribution in [1.29, 1.82) is 0 Å². The predicted molar refractivity (Wildman–Crippen MR) is 88.9 cm³/mol. The molecule has 0 aromatic carbocycles. The lowest BCUT2D eigenvalue weighted by Gasteiger charge is -2.37. The molecule has 2 saturated heterocycles. The van der Waals surface area contributed by atoms with Crippen LogP contribution in [0.3, 0.4) is 0 Å². The Morgan fingerprint density at radius 2 is 2.28 bits per heavy atom. The Morgan fingerprint density at radius 3 is 3.04 bits per heavy atom. The zero-order valence-corrected chi connectivity index (χ0v) is 13.9. The van der Waals surface area contributed by atoms with Gasteiger partial charge in [0.2, 0.25) is 5.91 Å². The average Bonchev–Trinajstić information content (AvgIpc) is 3.31. The van der Waals surface area contributed by atoms with E-state index in [9.17, 15) is 4.79 Å². The van der Waals surface area contributed by atoms with Crippen molar-refractivity contribution in [3.8, 4) is 0 Å². The van der Waals surface area contributed by atoms with Crippen LogP contribution in [0.2, 0.25) is 0 Å². The van der Waals surface area contributed by atoms with Crippen LogP contribution in [-0.4, -0.2) is 64.6 Å². The number of carbonyl (C=O) groups excluding carboxylic acids is 1. The van der Waals surface area contributed by atoms with E-state index >= 15 is 4.39 Å². The summed E-state index contributed by atoms with van der Waals surface area (Å²) in [6.07, 6.45) is 4.58. The molecule has 25 heavy (non-hydrogen) atoms. The van der Waals surface area contributed by atoms with Gasteiger partial charge in [-0.1, -0.05) is 0 Å². The zero-order valence-electron chi connectivity index (χ0n) is 13.9. The number of nitrogens with zero attached hydrogens (tertiary/aromatic N) is 4. The molecule has 2 N–H and O–H groups in total. The average molecular weight is 348 g/mol. The molecular formula is C16H21FN6O2. The number of amides is 1. The summed E-state index contributed by atoms with van der Waals surface area (Å²) in [5.74, 6) is 0.528. The number of fused-ring (bicyclic) bond motifs is 1. The topological polar surface area (TPSA) is 96.0 Å². The fraction of sp³-hybridized carbons (Fsp3) is 0.625. The van der Waals surface area contributed by atoms with Gasteiger partial charge in [-0.05, 0) is 6.42 Å². The van der Waals surface area contributed by atoms with E-state index in [1.54, 1.807) is 6.20 Å². The van der Waals surface area contributed by atoms with Gasteiger partial charge in [-0.3, -0.25) is 9.89 Å². The van der Waals surface area contributed by atoms with E-state index in [1.165, 1.54) is 6.33 Å². The minimum Gasteiger partial charge on any atom is -0.381 e. The molecule has 0 saturated carbocycles. The van der Waals surface area contributed by atoms with Crippen molar-refractivity contribution in [2.75, 3.05) is 37.7 Å². The van der Waals surface area contributed by atoms with Crippen molar-refractivity contribution in [3.05, 3.63) is 12.5 Å². The molecule has 2 fully saturated rings. The standard InChI is InChI=1S/C16H21FN6O2/c17-16(9-18-15(24)11-1-6-25-8-11)2-4-23(5-3-16)14-12-7-21-22-13(12)19-10-20-14/h7,10-11H,1-6,8-9H2,(H,18,24)(H,19,20,21,22). The number of hydrogen-bond donors (Lipinski definition) is 2. The third-order valence-electron chi connectivity index (χ3n) is 5.07. The van der Waals surface area contributed by atoms with Gasteiger partial charge in [0.15, 0.2) is 5.65 Å². The summed E-state index contributed by atoms with van der Waals surface area (Å²) in [5.41, 5.74) is -0.707. The van der Waals surface area contributed by atoms with Crippen LogP contribution in [0, 0.1) is 5.92 Å². The van der Waals surface area contributed by atoms with Crippen LogP contribution in [-0.2, 0) is 9.53 Å². The molecule has 1 atom stereocenters. The van der Waals surface area contributed by atoms with Crippen molar-refractivity contribution in [2.24, 2.45) is 5.92 Å². The molecular weight excluding hydrogens is 327 g/mol. The van der Waals surface area contributed by atoms with Crippen LogP contribution < -0.4 is 10.2 Å². The molecule has 2 aliphatic heterocycles. The normalized spacial score (nSPS) is 23.1. The summed E-state index contributed by atoms with van der Waals surface area (Å²) in [6, 6.07) is 0. The van der Waals surface area contributed by atoms with E-state index in [2.05, 4.69) is 25.5 Å². The minimum atomic E-state index is -1.38. The number of rotatable bonds is 4. The molecule has 0 aliphatic carbocycles.